The number of hydrogen-bond acceptors (Lipinski definition) is 3. The van der Waals surface area contributed by atoms with Gasteiger partial charge in [-0.1, -0.05) is 6.08 Å². The van der Waals surface area contributed by atoms with E-state index in [1.165, 1.54) is 0 Å². The van der Waals surface area contributed by atoms with Gasteiger partial charge in [0.15, 0.2) is 5.96 Å². The molecular weight excluding hydrogens is 290 g/mol. The van der Waals surface area contributed by atoms with Crippen molar-refractivity contribution < 1.29 is 9.47 Å². The summed E-state index contributed by atoms with van der Waals surface area (Å²) in [6.07, 6.45) is 4.87. The molecule has 5 heteroatoms. The van der Waals surface area contributed by atoms with Crippen molar-refractivity contribution in [3.8, 4) is 11.5 Å². The van der Waals surface area contributed by atoms with Crippen molar-refractivity contribution in [2.45, 2.75) is 19.3 Å². The number of nitrogens with one attached hydrogen (secondary N) is 1. The van der Waals surface area contributed by atoms with Gasteiger partial charge in [-0.2, -0.15) is 0 Å². The van der Waals surface area contributed by atoms with Crippen LogP contribution in [0.2, 0.25) is 0 Å². The predicted octanol–water partition coefficient (Wildman–Crippen LogP) is 2.72. The molecule has 0 heterocycles. The van der Waals surface area contributed by atoms with Crippen LogP contribution in [-0.2, 0) is 6.42 Å². The molecule has 0 aliphatic rings. The van der Waals surface area contributed by atoms with Gasteiger partial charge in [-0.25, -0.2) is 0 Å². The third-order valence-electron chi connectivity index (χ3n) is 3.64. The maximum atomic E-state index is 5.41. The number of nitrogens with zero attached hydrogens (tertiary/aromatic N) is 2. The average Bonchev–Trinajstić information content (AvgIpc) is 2.58. The molecule has 0 fully saturated rings. The second-order valence-corrected chi connectivity index (χ2v) is 5.25. The lowest BCUT2D eigenvalue weighted by Crippen LogP contribution is -2.40. The minimum absolute atomic E-state index is 0.780. The fourth-order valence-electron chi connectivity index (χ4n) is 2.35. The van der Waals surface area contributed by atoms with Crippen LogP contribution in [0.1, 0.15) is 18.4 Å². The largest absolute Gasteiger partial charge is 0.497 e. The first-order valence-electron chi connectivity index (χ1n) is 7.89. The topological polar surface area (TPSA) is 46.1 Å². The predicted molar refractivity (Wildman–Crippen MR) is 96.7 cm³/mol. The van der Waals surface area contributed by atoms with E-state index in [9.17, 15) is 0 Å². The van der Waals surface area contributed by atoms with E-state index in [0.717, 1.165) is 55.4 Å². The Morgan fingerprint density at radius 1 is 1.35 bits per heavy atom. The van der Waals surface area contributed by atoms with Crippen LogP contribution in [-0.4, -0.2) is 52.3 Å². The molecule has 0 spiro atoms. The van der Waals surface area contributed by atoms with Gasteiger partial charge in [-0.15, -0.1) is 6.58 Å². The highest BCUT2D eigenvalue weighted by atomic mass is 16.5. The summed E-state index contributed by atoms with van der Waals surface area (Å²) in [5.74, 6) is 2.62. The summed E-state index contributed by atoms with van der Waals surface area (Å²) >= 11 is 0. The van der Waals surface area contributed by atoms with E-state index in [4.69, 9.17) is 9.47 Å². The first-order chi connectivity index (χ1) is 11.2. The number of ether oxygens (including phenoxy) is 2. The van der Waals surface area contributed by atoms with E-state index in [-0.39, 0.29) is 0 Å². The summed E-state index contributed by atoms with van der Waals surface area (Å²) in [6, 6.07) is 5.85. The zero-order chi connectivity index (χ0) is 17.1. The molecule has 23 heavy (non-hydrogen) atoms. The van der Waals surface area contributed by atoms with Crippen LogP contribution in [0.3, 0.4) is 0 Å². The van der Waals surface area contributed by atoms with Gasteiger partial charge in [0.25, 0.3) is 0 Å². The van der Waals surface area contributed by atoms with Gasteiger partial charge in [0.05, 0.1) is 14.2 Å². The first kappa shape index (κ1) is 18.9. The molecular formula is C18H29N3O2. The van der Waals surface area contributed by atoms with Crippen molar-refractivity contribution in [1.29, 1.82) is 0 Å². The summed E-state index contributed by atoms with van der Waals surface area (Å²) < 4.78 is 10.7. The zero-order valence-corrected chi connectivity index (χ0v) is 14.8. The number of rotatable bonds is 9. The maximum absolute atomic E-state index is 5.41. The quantitative estimate of drug-likeness (QED) is 0.329. The molecule has 1 aromatic carbocycles. The van der Waals surface area contributed by atoms with Gasteiger partial charge in [0.2, 0.25) is 0 Å². The molecule has 0 amide bonds. The minimum atomic E-state index is 0.780. The molecule has 0 unspecified atom stereocenters. The Labute approximate surface area is 140 Å². The minimum Gasteiger partial charge on any atom is -0.497 e. The highest BCUT2D eigenvalue weighted by molar-refractivity contribution is 5.79. The van der Waals surface area contributed by atoms with E-state index in [2.05, 4.69) is 21.8 Å². The monoisotopic (exact) mass is 319 g/mol. The number of unbranched alkanes of at least 4 members (excludes halogenated alkanes) is 1. The summed E-state index contributed by atoms with van der Waals surface area (Å²) in [5.41, 5.74) is 1.11. The van der Waals surface area contributed by atoms with E-state index in [1.54, 1.807) is 21.3 Å². The van der Waals surface area contributed by atoms with Crippen LogP contribution in [0.15, 0.2) is 35.8 Å². The molecule has 0 saturated heterocycles. The van der Waals surface area contributed by atoms with Crippen molar-refractivity contribution in [1.82, 2.24) is 10.2 Å². The highest BCUT2D eigenvalue weighted by Crippen LogP contribution is 2.24. The third-order valence-corrected chi connectivity index (χ3v) is 3.64. The Hall–Kier alpha value is -2.17. The second kappa shape index (κ2) is 10.5. The Balaban J connectivity index is 2.55. The van der Waals surface area contributed by atoms with E-state index in [1.807, 2.05) is 31.3 Å². The van der Waals surface area contributed by atoms with Crippen LogP contribution in [0.5, 0.6) is 11.5 Å². The molecule has 5 nitrogen and oxygen atoms in total. The van der Waals surface area contributed by atoms with Gasteiger partial charge in [0, 0.05) is 27.2 Å². The molecule has 0 bridgehead atoms. The molecule has 0 aromatic heterocycles. The van der Waals surface area contributed by atoms with Gasteiger partial charge >= 0.3 is 0 Å². The van der Waals surface area contributed by atoms with E-state index >= 15 is 0 Å². The van der Waals surface area contributed by atoms with Crippen molar-refractivity contribution >= 4 is 5.96 Å². The maximum Gasteiger partial charge on any atom is 0.193 e. The van der Waals surface area contributed by atoms with Crippen LogP contribution in [0, 0.1) is 0 Å². The molecule has 0 atom stereocenters. The van der Waals surface area contributed by atoms with Crippen LogP contribution < -0.4 is 14.8 Å². The molecule has 1 rings (SSSR count). The summed E-state index contributed by atoms with van der Waals surface area (Å²) in [6.45, 7) is 5.48. The Kier molecular flexibility index (Phi) is 8.65. The molecule has 128 valence electrons. The Morgan fingerprint density at radius 2 is 2.13 bits per heavy atom. The Bertz CT molecular complexity index is 515. The number of hydrogen-bond donors (Lipinski definition) is 1. The van der Waals surface area contributed by atoms with Crippen molar-refractivity contribution in [2.75, 3.05) is 41.4 Å². The summed E-state index contributed by atoms with van der Waals surface area (Å²) in [5, 5.41) is 3.39. The second-order valence-electron chi connectivity index (χ2n) is 5.25. The Morgan fingerprint density at radius 3 is 2.74 bits per heavy atom. The first-order valence-corrected chi connectivity index (χ1v) is 7.89. The lowest BCUT2D eigenvalue weighted by Gasteiger charge is -2.22. The van der Waals surface area contributed by atoms with E-state index in [0.29, 0.717) is 0 Å². The molecule has 0 saturated carbocycles. The smallest absolute Gasteiger partial charge is 0.193 e. The highest BCUT2D eigenvalue weighted by Gasteiger charge is 2.07. The molecule has 0 aliphatic carbocycles. The van der Waals surface area contributed by atoms with Crippen molar-refractivity contribution in [3.63, 3.8) is 0 Å². The number of methoxy groups -OCH3 is 2. The van der Waals surface area contributed by atoms with Crippen LogP contribution in [0.25, 0.3) is 0 Å². The number of aliphatic imine (C=N–C) groups is 1. The summed E-state index contributed by atoms with van der Waals surface area (Å²) in [7, 11) is 7.21. The van der Waals surface area contributed by atoms with Gasteiger partial charge in [-0.3, -0.25) is 4.99 Å². The van der Waals surface area contributed by atoms with E-state index < -0.39 is 0 Å². The fourth-order valence-corrected chi connectivity index (χ4v) is 2.35. The third kappa shape index (κ3) is 6.22. The lowest BCUT2D eigenvalue weighted by atomic mass is 10.1. The normalized spacial score (nSPS) is 11.0. The number of allylic oxidation sites excluding steroid dienone is 1. The standard InChI is InChI=1S/C18H29N3O2/c1-6-7-8-13-21(3)18(19-2)20-12-11-15-14-16(22-4)9-10-17(15)23-5/h6,9-10,14H,1,7-8,11-13H2,2-5H3,(H,19,20). The van der Waals surface area contributed by atoms with Gasteiger partial charge in [-0.05, 0) is 43.0 Å². The van der Waals surface area contributed by atoms with Gasteiger partial charge in [0.1, 0.15) is 11.5 Å². The zero-order valence-electron chi connectivity index (χ0n) is 14.8. The van der Waals surface area contributed by atoms with Crippen LogP contribution >= 0.6 is 0 Å². The average molecular weight is 319 g/mol. The molecule has 1 aromatic rings. The van der Waals surface area contributed by atoms with Gasteiger partial charge < -0.3 is 19.7 Å². The number of benzene rings is 1. The lowest BCUT2D eigenvalue weighted by molar-refractivity contribution is 0.398. The summed E-state index contributed by atoms with van der Waals surface area (Å²) in [4.78, 5) is 6.46. The molecule has 0 aliphatic heterocycles. The van der Waals surface area contributed by atoms with Crippen LogP contribution in [0.4, 0.5) is 0 Å². The van der Waals surface area contributed by atoms with Crippen molar-refractivity contribution in [2.24, 2.45) is 4.99 Å². The SMILES string of the molecule is C=CCCCN(C)C(=NC)NCCc1cc(OC)ccc1OC. The number of guanidine groups is 1. The van der Waals surface area contributed by atoms with Crippen molar-refractivity contribution in [3.05, 3.63) is 36.4 Å². The molecule has 0 radical (unpaired) electrons. The fraction of sp³-hybridized carbons (Fsp3) is 0.500. The molecule has 1 N–H and O–H groups in total.